The van der Waals surface area contributed by atoms with Crippen LogP contribution in [0.4, 0.5) is 5.13 Å². The Hall–Kier alpha value is -1.68. The Labute approximate surface area is 129 Å². The summed E-state index contributed by atoms with van der Waals surface area (Å²) in [5.41, 5.74) is 3.36. The number of nitrogens with zero attached hydrogens (tertiary/aromatic N) is 1. The van der Waals surface area contributed by atoms with Crippen molar-refractivity contribution in [2.75, 3.05) is 5.32 Å². The average Bonchev–Trinajstić information content (AvgIpc) is 3.19. The molecule has 21 heavy (non-hydrogen) atoms. The summed E-state index contributed by atoms with van der Waals surface area (Å²) in [4.78, 5) is 16.6. The van der Waals surface area contributed by atoms with Crippen LogP contribution in [0.2, 0.25) is 0 Å². The molecule has 0 unspecified atom stereocenters. The van der Waals surface area contributed by atoms with Gasteiger partial charge < -0.3 is 5.32 Å². The molecule has 1 fully saturated rings. The third kappa shape index (κ3) is 3.32. The number of carbonyl (C=O) groups excluding carboxylic acids is 1. The zero-order chi connectivity index (χ0) is 14.7. The summed E-state index contributed by atoms with van der Waals surface area (Å²) < 4.78 is 0. The molecule has 0 atom stereocenters. The van der Waals surface area contributed by atoms with E-state index in [1.54, 1.807) is 0 Å². The van der Waals surface area contributed by atoms with Crippen molar-refractivity contribution in [3.63, 3.8) is 0 Å². The Kier molecular flexibility index (Phi) is 4.34. The van der Waals surface area contributed by atoms with Gasteiger partial charge in [-0.05, 0) is 24.8 Å². The lowest BCUT2D eigenvalue weighted by molar-refractivity contribution is -0.119. The van der Waals surface area contributed by atoms with Gasteiger partial charge in [0, 0.05) is 16.9 Å². The Bertz CT molecular complexity index is 612. The van der Waals surface area contributed by atoms with Crippen LogP contribution in [0.15, 0.2) is 29.6 Å². The maximum atomic E-state index is 12.1. The molecule has 0 bridgehead atoms. The summed E-state index contributed by atoms with van der Waals surface area (Å²) >= 11 is 1.50. The average molecular weight is 300 g/mol. The minimum absolute atomic E-state index is 0.134. The predicted octanol–water partition coefficient (Wildman–Crippen LogP) is 4.50. The van der Waals surface area contributed by atoms with Crippen LogP contribution in [0, 0.1) is 5.92 Å². The number of carbonyl (C=O) groups is 1. The van der Waals surface area contributed by atoms with Gasteiger partial charge in [-0.3, -0.25) is 4.79 Å². The molecule has 3 rings (SSSR count). The summed E-state index contributed by atoms with van der Waals surface area (Å²) in [7, 11) is 0. The maximum Gasteiger partial charge on any atom is 0.229 e. The summed E-state index contributed by atoms with van der Waals surface area (Å²) in [5.74, 6) is 0.316. The molecule has 3 nitrogen and oxygen atoms in total. The van der Waals surface area contributed by atoms with Gasteiger partial charge in [0.15, 0.2) is 5.13 Å². The van der Waals surface area contributed by atoms with E-state index in [4.69, 9.17) is 0 Å². The van der Waals surface area contributed by atoms with Crippen LogP contribution in [0.25, 0.3) is 11.3 Å². The third-order valence-corrected chi connectivity index (χ3v) is 4.88. The molecule has 1 aliphatic carbocycles. The molecular weight excluding hydrogens is 280 g/mol. The van der Waals surface area contributed by atoms with Gasteiger partial charge in [-0.1, -0.05) is 44.0 Å². The van der Waals surface area contributed by atoms with Gasteiger partial charge in [-0.2, -0.15) is 0 Å². The minimum atomic E-state index is 0.134. The molecule has 0 saturated heterocycles. The molecule has 0 aliphatic heterocycles. The van der Waals surface area contributed by atoms with Gasteiger partial charge in [0.25, 0.3) is 0 Å². The fourth-order valence-corrected chi connectivity index (χ4v) is 3.49. The van der Waals surface area contributed by atoms with Crippen LogP contribution >= 0.6 is 11.3 Å². The molecule has 1 saturated carbocycles. The number of benzene rings is 1. The van der Waals surface area contributed by atoms with Gasteiger partial charge >= 0.3 is 0 Å². The zero-order valence-corrected chi connectivity index (χ0v) is 13.1. The highest BCUT2D eigenvalue weighted by atomic mass is 32.1. The SMILES string of the molecule is CCc1ccc(-c2csc(NC(=O)C3CCCC3)n2)cc1. The lowest BCUT2D eigenvalue weighted by Crippen LogP contribution is -2.20. The van der Waals surface area contributed by atoms with Crippen molar-refractivity contribution in [3.05, 3.63) is 35.2 Å². The van der Waals surface area contributed by atoms with E-state index < -0.39 is 0 Å². The van der Waals surface area contributed by atoms with Crippen molar-refractivity contribution >= 4 is 22.4 Å². The number of hydrogen-bond donors (Lipinski definition) is 1. The number of anilines is 1. The van der Waals surface area contributed by atoms with Crippen LogP contribution in [0.1, 0.15) is 38.2 Å². The Balaban J connectivity index is 1.68. The molecule has 1 N–H and O–H groups in total. The summed E-state index contributed by atoms with van der Waals surface area (Å²) in [6, 6.07) is 8.45. The number of aromatic nitrogens is 1. The van der Waals surface area contributed by atoms with Crippen LogP contribution < -0.4 is 5.32 Å². The normalized spacial score (nSPS) is 15.3. The predicted molar refractivity (Wildman–Crippen MR) is 87.5 cm³/mol. The fourth-order valence-electron chi connectivity index (χ4n) is 2.77. The first-order valence-corrected chi connectivity index (χ1v) is 8.50. The van der Waals surface area contributed by atoms with Crippen molar-refractivity contribution in [2.24, 2.45) is 5.92 Å². The largest absolute Gasteiger partial charge is 0.302 e. The number of nitrogens with one attached hydrogen (secondary N) is 1. The molecule has 1 heterocycles. The van der Waals surface area contributed by atoms with Gasteiger partial charge in [0.05, 0.1) is 5.69 Å². The van der Waals surface area contributed by atoms with E-state index in [1.807, 2.05) is 5.38 Å². The minimum Gasteiger partial charge on any atom is -0.302 e. The summed E-state index contributed by atoms with van der Waals surface area (Å²) in [5, 5.41) is 5.68. The van der Waals surface area contributed by atoms with E-state index in [0.29, 0.717) is 5.13 Å². The van der Waals surface area contributed by atoms with Gasteiger partial charge in [0.2, 0.25) is 5.91 Å². The molecule has 1 aromatic carbocycles. The number of aryl methyl sites for hydroxylation is 1. The van der Waals surface area contributed by atoms with E-state index in [2.05, 4.69) is 41.5 Å². The molecular formula is C17H20N2OS. The number of rotatable bonds is 4. The molecule has 2 aromatic rings. The highest BCUT2D eigenvalue weighted by Crippen LogP contribution is 2.28. The van der Waals surface area contributed by atoms with Crippen molar-refractivity contribution in [2.45, 2.75) is 39.0 Å². The fraction of sp³-hybridized carbons (Fsp3) is 0.412. The van der Waals surface area contributed by atoms with E-state index in [1.165, 1.54) is 29.7 Å². The smallest absolute Gasteiger partial charge is 0.229 e. The summed E-state index contributed by atoms with van der Waals surface area (Å²) in [6.45, 7) is 2.15. The molecule has 0 radical (unpaired) electrons. The highest BCUT2D eigenvalue weighted by Gasteiger charge is 2.23. The molecule has 1 aromatic heterocycles. The zero-order valence-electron chi connectivity index (χ0n) is 12.3. The molecule has 1 aliphatic rings. The molecule has 0 spiro atoms. The lowest BCUT2D eigenvalue weighted by atomic mass is 10.1. The Morgan fingerprint density at radius 2 is 2.00 bits per heavy atom. The number of hydrogen-bond acceptors (Lipinski definition) is 3. The topological polar surface area (TPSA) is 42.0 Å². The van der Waals surface area contributed by atoms with Crippen molar-refractivity contribution in [1.29, 1.82) is 0 Å². The maximum absolute atomic E-state index is 12.1. The molecule has 1 amide bonds. The van der Waals surface area contributed by atoms with Gasteiger partial charge in [0.1, 0.15) is 0 Å². The second-order valence-corrected chi connectivity index (χ2v) is 6.42. The second-order valence-electron chi connectivity index (χ2n) is 5.56. The van der Waals surface area contributed by atoms with E-state index in [-0.39, 0.29) is 11.8 Å². The first-order chi connectivity index (χ1) is 10.3. The highest BCUT2D eigenvalue weighted by molar-refractivity contribution is 7.14. The Morgan fingerprint density at radius 1 is 1.29 bits per heavy atom. The quantitative estimate of drug-likeness (QED) is 0.903. The van der Waals surface area contributed by atoms with Gasteiger partial charge in [-0.15, -0.1) is 11.3 Å². The summed E-state index contributed by atoms with van der Waals surface area (Å²) in [6.07, 6.45) is 5.42. The second kappa shape index (κ2) is 6.39. The van der Waals surface area contributed by atoms with Gasteiger partial charge in [-0.25, -0.2) is 4.98 Å². The van der Waals surface area contributed by atoms with Crippen molar-refractivity contribution in [3.8, 4) is 11.3 Å². The van der Waals surface area contributed by atoms with Crippen molar-refractivity contribution < 1.29 is 4.79 Å². The van der Waals surface area contributed by atoms with Crippen LogP contribution in [0.3, 0.4) is 0 Å². The van der Waals surface area contributed by atoms with Crippen LogP contribution in [-0.4, -0.2) is 10.9 Å². The first-order valence-electron chi connectivity index (χ1n) is 7.62. The molecule has 110 valence electrons. The van der Waals surface area contributed by atoms with E-state index in [9.17, 15) is 4.79 Å². The Morgan fingerprint density at radius 3 is 2.67 bits per heavy atom. The standard InChI is InChI=1S/C17H20N2OS/c1-2-12-7-9-13(10-8-12)15-11-21-17(18-15)19-16(20)14-5-3-4-6-14/h7-11,14H,2-6H2,1H3,(H,18,19,20). The van der Waals surface area contributed by atoms with Crippen LogP contribution in [0.5, 0.6) is 0 Å². The number of amides is 1. The number of thiazole rings is 1. The molecule has 4 heteroatoms. The van der Waals surface area contributed by atoms with E-state index in [0.717, 1.165) is 30.5 Å². The van der Waals surface area contributed by atoms with E-state index >= 15 is 0 Å². The lowest BCUT2D eigenvalue weighted by Gasteiger charge is -2.07. The monoisotopic (exact) mass is 300 g/mol. The third-order valence-electron chi connectivity index (χ3n) is 4.12. The van der Waals surface area contributed by atoms with Crippen molar-refractivity contribution in [1.82, 2.24) is 4.98 Å². The van der Waals surface area contributed by atoms with Crippen LogP contribution in [-0.2, 0) is 11.2 Å². The first kappa shape index (κ1) is 14.3.